The third kappa shape index (κ3) is 6.06. The molecule has 0 atom stereocenters. The van der Waals surface area contributed by atoms with Crippen molar-refractivity contribution in [3.8, 4) is 0 Å². The van der Waals surface area contributed by atoms with Crippen molar-refractivity contribution in [2.24, 2.45) is 5.10 Å². The average Bonchev–Trinajstić information content (AvgIpc) is 2.88. The summed E-state index contributed by atoms with van der Waals surface area (Å²) in [6.45, 7) is 1.55. The van der Waals surface area contributed by atoms with E-state index in [0.29, 0.717) is 37.1 Å². The summed E-state index contributed by atoms with van der Waals surface area (Å²) in [5, 5.41) is 7.68. The molecule has 0 aromatic heterocycles. The molecule has 3 aromatic carbocycles. The second-order valence-corrected chi connectivity index (χ2v) is 10.0. The number of nitrogens with zero attached hydrogens (tertiary/aromatic N) is 2. The van der Waals surface area contributed by atoms with Crippen LogP contribution in [0.15, 0.2) is 94.9 Å². The number of hydrogen-bond acceptors (Lipinski definition) is 5. The molecule has 3 aromatic rings. The number of morpholine rings is 1. The minimum absolute atomic E-state index is 0.0256. The molecule has 0 spiro atoms. The number of ether oxygens (including phenoxy) is 1. The minimum Gasteiger partial charge on any atom is -0.379 e. The van der Waals surface area contributed by atoms with Crippen molar-refractivity contribution in [3.63, 3.8) is 0 Å². The first-order valence-corrected chi connectivity index (χ1v) is 12.8. The van der Waals surface area contributed by atoms with Crippen molar-refractivity contribution in [1.82, 2.24) is 9.73 Å². The van der Waals surface area contributed by atoms with Crippen LogP contribution in [0.25, 0.3) is 0 Å². The smallest absolute Gasteiger partial charge is 0.243 e. The van der Waals surface area contributed by atoms with E-state index in [1.54, 1.807) is 24.3 Å². The first kappa shape index (κ1) is 24.0. The van der Waals surface area contributed by atoms with Crippen LogP contribution in [0.1, 0.15) is 17.0 Å². The third-order valence-electron chi connectivity index (χ3n) is 5.43. The van der Waals surface area contributed by atoms with Gasteiger partial charge in [0.2, 0.25) is 10.0 Å². The first-order valence-electron chi connectivity index (χ1n) is 10.9. The second-order valence-electron chi connectivity index (χ2n) is 7.68. The van der Waals surface area contributed by atoms with Gasteiger partial charge in [-0.2, -0.15) is 9.41 Å². The van der Waals surface area contributed by atoms with Crippen LogP contribution in [0.2, 0.25) is 0 Å². The fourth-order valence-electron chi connectivity index (χ4n) is 3.66. The summed E-state index contributed by atoms with van der Waals surface area (Å²) in [5.41, 5.74) is 5.75. The van der Waals surface area contributed by atoms with Crippen molar-refractivity contribution in [2.45, 2.75) is 10.8 Å². The molecule has 4 rings (SSSR count). The van der Waals surface area contributed by atoms with Crippen LogP contribution < -0.4 is 10.7 Å². The SMILES string of the molecule is O=S(=O)(c1ccc(NC(=S)NN=CC(c2ccccc2)c2ccccc2)cc1)N1CCOCC1. The molecule has 1 fully saturated rings. The molecule has 7 nitrogen and oxygen atoms in total. The Labute approximate surface area is 205 Å². The summed E-state index contributed by atoms with van der Waals surface area (Å²) in [6, 6.07) is 26.7. The van der Waals surface area contributed by atoms with E-state index >= 15 is 0 Å². The lowest BCUT2D eigenvalue weighted by Crippen LogP contribution is -2.40. The summed E-state index contributed by atoms with van der Waals surface area (Å²) in [5.74, 6) is -0.0256. The molecule has 1 heterocycles. The monoisotopic (exact) mass is 494 g/mol. The zero-order chi connectivity index (χ0) is 23.8. The van der Waals surface area contributed by atoms with Gasteiger partial charge in [-0.3, -0.25) is 5.43 Å². The third-order valence-corrected chi connectivity index (χ3v) is 7.53. The van der Waals surface area contributed by atoms with Gasteiger partial charge in [0.1, 0.15) is 0 Å². The van der Waals surface area contributed by atoms with Crippen molar-refractivity contribution < 1.29 is 13.2 Å². The molecule has 0 amide bonds. The highest BCUT2D eigenvalue weighted by atomic mass is 32.2. The van der Waals surface area contributed by atoms with Crippen LogP contribution in [0.5, 0.6) is 0 Å². The zero-order valence-electron chi connectivity index (χ0n) is 18.5. The molecule has 0 bridgehead atoms. The molecular formula is C25H26N4O3S2. The Morgan fingerprint density at radius 3 is 2.03 bits per heavy atom. The van der Waals surface area contributed by atoms with Gasteiger partial charge in [0.15, 0.2) is 5.11 Å². The van der Waals surface area contributed by atoms with Gasteiger partial charge >= 0.3 is 0 Å². The van der Waals surface area contributed by atoms with Crippen LogP contribution in [0, 0.1) is 0 Å². The van der Waals surface area contributed by atoms with Gasteiger partial charge < -0.3 is 10.1 Å². The Morgan fingerprint density at radius 2 is 1.47 bits per heavy atom. The van der Waals surface area contributed by atoms with Gasteiger partial charge in [-0.15, -0.1) is 0 Å². The highest BCUT2D eigenvalue weighted by molar-refractivity contribution is 7.89. The summed E-state index contributed by atoms with van der Waals surface area (Å²) >= 11 is 5.35. The van der Waals surface area contributed by atoms with Gasteiger partial charge in [0.25, 0.3) is 0 Å². The molecule has 1 aliphatic rings. The van der Waals surface area contributed by atoms with E-state index in [-0.39, 0.29) is 10.8 Å². The maximum atomic E-state index is 12.8. The van der Waals surface area contributed by atoms with E-state index in [1.165, 1.54) is 4.31 Å². The summed E-state index contributed by atoms with van der Waals surface area (Å²) in [4.78, 5) is 0.241. The van der Waals surface area contributed by atoms with E-state index in [4.69, 9.17) is 17.0 Å². The standard InChI is InChI=1S/C25H26N4O3S2/c30-34(31,29-15-17-32-18-16-29)23-13-11-22(12-14-23)27-25(33)28-26-19-24(20-7-3-1-4-8-20)21-9-5-2-6-10-21/h1-14,19,24H,15-18H2,(H2,27,28,33). The molecule has 0 radical (unpaired) electrons. The quantitative estimate of drug-likeness (QED) is 0.295. The number of hydrazone groups is 1. The molecule has 176 valence electrons. The number of benzene rings is 3. The average molecular weight is 495 g/mol. The fraction of sp³-hybridized carbons (Fsp3) is 0.200. The maximum Gasteiger partial charge on any atom is 0.243 e. The number of nitrogens with one attached hydrogen (secondary N) is 2. The molecule has 2 N–H and O–H groups in total. The van der Waals surface area contributed by atoms with Crippen molar-refractivity contribution in [1.29, 1.82) is 0 Å². The summed E-state index contributed by atoms with van der Waals surface area (Å²) in [6.07, 6.45) is 1.82. The normalized spacial score (nSPS) is 14.9. The van der Waals surface area contributed by atoms with Crippen LogP contribution in [-0.2, 0) is 14.8 Å². The van der Waals surface area contributed by atoms with Crippen molar-refractivity contribution in [2.75, 3.05) is 31.6 Å². The second kappa shape index (κ2) is 11.3. The lowest BCUT2D eigenvalue weighted by molar-refractivity contribution is 0.0730. The Hall–Kier alpha value is -3.11. The Balaban J connectivity index is 1.38. The van der Waals surface area contributed by atoms with Crippen molar-refractivity contribution >= 4 is 39.3 Å². The highest BCUT2D eigenvalue weighted by Gasteiger charge is 2.26. The predicted octanol–water partition coefficient (Wildman–Crippen LogP) is 3.81. The highest BCUT2D eigenvalue weighted by Crippen LogP contribution is 2.22. The molecule has 0 aliphatic carbocycles. The van der Waals surface area contributed by atoms with Crippen LogP contribution >= 0.6 is 12.2 Å². The van der Waals surface area contributed by atoms with E-state index in [9.17, 15) is 8.42 Å². The lowest BCUT2D eigenvalue weighted by Gasteiger charge is -2.26. The predicted molar refractivity (Wildman–Crippen MR) is 139 cm³/mol. The maximum absolute atomic E-state index is 12.8. The minimum atomic E-state index is -3.53. The molecule has 0 saturated carbocycles. The number of thiocarbonyl (C=S) groups is 1. The van der Waals surface area contributed by atoms with Gasteiger partial charge in [0.05, 0.1) is 18.1 Å². The molecule has 1 saturated heterocycles. The van der Waals surface area contributed by atoms with Gasteiger partial charge in [-0.05, 0) is 47.6 Å². The van der Waals surface area contributed by atoms with E-state index in [2.05, 4.69) is 40.1 Å². The van der Waals surface area contributed by atoms with E-state index in [0.717, 1.165) is 11.1 Å². The van der Waals surface area contributed by atoms with Crippen LogP contribution in [0.4, 0.5) is 5.69 Å². The van der Waals surface area contributed by atoms with E-state index < -0.39 is 10.0 Å². The van der Waals surface area contributed by atoms with Crippen LogP contribution in [0.3, 0.4) is 0 Å². The molecule has 9 heteroatoms. The number of rotatable bonds is 7. The summed E-state index contributed by atoms with van der Waals surface area (Å²) in [7, 11) is -3.53. The number of sulfonamides is 1. The summed E-state index contributed by atoms with van der Waals surface area (Å²) < 4.78 is 32.2. The van der Waals surface area contributed by atoms with Crippen LogP contribution in [-0.4, -0.2) is 50.4 Å². The first-order chi connectivity index (χ1) is 16.5. The van der Waals surface area contributed by atoms with Crippen molar-refractivity contribution in [3.05, 3.63) is 96.1 Å². The molecule has 1 aliphatic heterocycles. The molecular weight excluding hydrogens is 468 g/mol. The molecule has 0 unspecified atom stereocenters. The van der Waals surface area contributed by atoms with Gasteiger partial charge in [0, 0.05) is 30.9 Å². The number of anilines is 1. The van der Waals surface area contributed by atoms with Gasteiger partial charge in [-0.1, -0.05) is 60.7 Å². The Morgan fingerprint density at radius 1 is 0.912 bits per heavy atom. The molecule has 34 heavy (non-hydrogen) atoms. The number of hydrogen-bond donors (Lipinski definition) is 2. The lowest BCUT2D eigenvalue weighted by atomic mass is 9.92. The Kier molecular flexibility index (Phi) is 8.02. The van der Waals surface area contributed by atoms with E-state index in [1.807, 2.05) is 42.6 Å². The fourth-order valence-corrected chi connectivity index (χ4v) is 5.24. The zero-order valence-corrected chi connectivity index (χ0v) is 20.1. The topological polar surface area (TPSA) is 83.0 Å². The largest absolute Gasteiger partial charge is 0.379 e. The van der Waals surface area contributed by atoms with Gasteiger partial charge in [-0.25, -0.2) is 8.42 Å². The Bertz CT molecular complexity index is 1170.